The molecule has 0 spiro atoms. The highest BCUT2D eigenvalue weighted by molar-refractivity contribution is 9.11. The van der Waals surface area contributed by atoms with Crippen LogP contribution < -0.4 is 9.47 Å². The first-order chi connectivity index (χ1) is 20.3. The van der Waals surface area contributed by atoms with Crippen molar-refractivity contribution >= 4 is 38.8 Å². The average Bonchev–Trinajstić information content (AvgIpc) is 3.27. The van der Waals surface area contributed by atoms with Crippen LogP contribution in [0, 0.1) is 0 Å². The predicted molar refractivity (Wildman–Crippen MR) is 170 cm³/mol. The van der Waals surface area contributed by atoms with Crippen LogP contribution in [-0.4, -0.2) is 30.4 Å². The molecule has 0 amide bonds. The highest BCUT2D eigenvalue weighted by Crippen LogP contribution is 2.39. The molecule has 0 atom stereocenters. The summed E-state index contributed by atoms with van der Waals surface area (Å²) in [6.45, 7) is 3.42. The molecule has 0 saturated heterocycles. The summed E-state index contributed by atoms with van der Waals surface area (Å²) in [5.74, 6) is 1.76. The molecular weight excluding hydrogens is 596 g/mol. The number of carbonyl (C=O) groups is 1. The quantitative estimate of drug-likeness (QED) is 0.272. The van der Waals surface area contributed by atoms with Gasteiger partial charge in [-0.2, -0.15) is 0 Å². The van der Waals surface area contributed by atoms with E-state index < -0.39 is 5.97 Å². The number of halogens is 1. The molecule has 5 rings (SSSR count). The lowest BCUT2D eigenvalue weighted by Gasteiger charge is -2.18. The molecule has 7 heteroatoms. The van der Waals surface area contributed by atoms with E-state index in [0.29, 0.717) is 17.9 Å². The molecule has 0 aliphatic heterocycles. The first-order valence-electron chi connectivity index (χ1n) is 14.2. The lowest BCUT2D eigenvalue weighted by atomic mass is 9.94. The number of carbonyl (C=O) groups excluding carboxylic acids is 1. The van der Waals surface area contributed by atoms with Crippen LogP contribution in [0.2, 0.25) is 0 Å². The van der Waals surface area contributed by atoms with Gasteiger partial charge in [0.05, 0.1) is 27.4 Å². The van der Waals surface area contributed by atoms with Gasteiger partial charge in [-0.1, -0.05) is 46.3 Å². The van der Waals surface area contributed by atoms with Crippen molar-refractivity contribution < 1.29 is 29.2 Å². The number of hydrogen-bond acceptors (Lipinski definition) is 6. The maximum Gasteiger partial charge on any atom is 0.308 e. The van der Waals surface area contributed by atoms with Gasteiger partial charge in [-0.3, -0.25) is 4.79 Å². The van der Waals surface area contributed by atoms with Gasteiger partial charge in [-0.05, 0) is 113 Å². The minimum atomic E-state index is -0.393. The second-order valence-corrected chi connectivity index (χ2v) is 11.4. The van der Waals surface area contributed by atoms with E-state index in [1.165, 1.54) is 34.5 Å². The normalized spacial score (nSPS) is 14.5. The third-order valence-corrected chi connectivity index (χ3v) is 8.76. The molecule has 222 valence electrons. The number of aliphatic hydroxyl groups is 2. The third kappa shape index (κ3) is 7.33. The standard InChI is InChI=1S/C22H24O5.C13H15BrO/c1-14(25)27-22-19-9-6-15(12-23)10-16(19)4-3-5-20(22)21-11-18(26-2)8-7-17(21)13-24;1-9-12-7-6-11(15-2)8-10(12)4-3-5-13(9)14/h6-11,23-24H,3-5,12-13H2,1-2H3;6-8H,3-5H2,1-2H3. The van der Waals surface area contributed by atoms with Gasteiger partial charge < -0.3 is 24.4 Å². The molecule has 0 bridgehead atoms. The van der Waals surface area contributed by atoms with Crippen LogP contribution in [0.1, 0.15) is 78.5 Å². The van der Waals surface area contributed by atoms with Crippen LogP contribution in [0.25, 0.3) is 16.9 Å². The maximum absolute atomic E-state index is 11.8. The molecule has 0 fully saturated rings. The molecule has 0 heterocycles. The van der Waals surface area contributed by atoms with E-state index in [9.17, 15) is 15.0 Å². The van der Waals surface area contributed by atoms with E-state index in [2.05, 4.69) is 35.0 Å². The van der Waals surface area contributed by atoms with Gasteiger partial charge >= 0.3 is 5.97 Å². The van der Waals surface area contributed by atoms with Crippen molar-refractivity contribution in [2.24, 2.45) is 0 Å². The van der Waals surface area contributed by atoms with Crippen LogP contribution >= 0.6 is 15.9 Å². The van der Waals surface area contributed by atoms with Gasteiger partial charge in [0.2, 0.25) is 0 Å². The summed E-state index contributed by atoms with van der Waals surface area (Å²) < 4.78 is 17.6. The molecule has 3 aromatic rings. The van der Waals surface area contributed by atoms with E-state index in [4.69, 9.17) is 14.2 Å². The number of aryl methyl sites for hydroxylation is 2. The number of methoxy groups -OCH3 is 2. The zero-order chi connectivity index (χ0) is 30.2. The molecule has 3 aromatic carbocycles. The summed E-state index contributed by atoms with van der Waals surface area (Å²) in [4.78, 5) is 11.8. The lowest BCUT2D eigenvalue weighted by molar-refractivity contribution is -0.134. The van der Waals surface area contributed by atoms with Crippen molar-refractivity contribution in [1.29, 1.82) is 0 Å². The number of hydrogen-bond donors (Lipinski definition) is 2. The van der Waals surface area contributed by atoms with Gasteiger partial charge in [0.25, 0.3) is 0 Å². The Morgan fingerprint density at radius 2 is 1.43 bits per heavy atom. The Balaban J connectivity index is 0.000000227. The Kier molecular flexibility index (Phi) is 11.0. The van der Waals surface area contributed by atoms with E-state index in [1.54, 1.807) is 20.3 Å². The molecule has 0 saturated carbocycles. The molecule has 0 unspecified atom stereocenters. The van der Waals surface area contributed by atoms with Crippen LogP contribution in [0.4, 0.5) is 0 Å². The summed E-state index contributed by atoms with van der Waals surface area (Å²) in [7, 11) is 3.31. The van der Waals surface area contributed by atoms with Crippen LogP contribution in [0.15, 0.2) is 59.1 Å². The minimum absolute atomic E-state index is 0.0305. The van der Waals surface area contributed by atoms with Crippen LogP contribution in [-0.2, 0) is 35.6 Å². The largest absolute Gasteiger partial charge is 0.497 e. The van der Waals surface area contributed by atoms with Crippen molar-refractivity contribution in [1.82, 2.24) is 0 Å². The summed E-state index contributed by atoms with van der Waals surface area (Å²) in [6, 6.07) is 17.5. The topological polar surface area (TPSA) is 85.2 Å². The van der Waals surface area contributed by atoms with Crippen LogP contribution in [0.5, 0.6) is 11.5 Å². The maximum atomic E-state index is 11.8. The highest BCUT2D eigenvalue weighted by atomic mass is 79.9. The van der Waals surface area contributed by atoms with Crippen molar-refractivity contribution in [3.8, 4) is 11.5 Å². The van der Waals surface area contributed by atoms with Gasteiger partial charge in [-0.25, -0.2) is 0 Å². The number of aliphatic hydroxyl groups excluding tert-OH is 2. The lowest BCUT2D eigenvalue weighted by Crippen LogP contribution is -2.05. The van der Waals surface area contributed by atoms with Crippen molar-refractivity contribution in [2.75, 3.05) is 14.2 Å². The molecule has 6 nitrogen and oxygen atoms in total. The van der Waals surface area contributed by atoms with E-state index in [1.807, 2.05) is 36.4 Å². The Morgan fingerprint density at radius 1 is 0.786 bits per heavy atom. The average molecular weight is 636 g/mol. The van der Waals surface area contributed by atoms with Gasteiger partial charge in [-0.15, -0.1) is 0 Å². The number of rotatable bonds is 6. The number of ether oxygens (including phenoxy) is 3. The number of allylic oxidation sites excluding steroid dienone is 3. The SMILES string of the molecule is COc1ccc(CO)c(C2=C(OC(C)=O)c3ccc(CO)cc3CCC2)c1.COc1ccc2c(c1)CCCC(Br)=C2C. The van der Waals surface area contributed by atoms with Crippen molar-refractivity contribution in [2.45, 2.75) is 65.6 Å². The minimum Gasteiger partial charge on any atom is -0.497 e. The Hall–Kier alpha value is -3.39. The fourth-order valence-corrected chi connectivity index (χ4v) is 6.06. The number of benzene rings is 3. The smallest absolute Gasteiger partial charge is 0.308 e. The highest BCUT2D eigenvalue weighted by Gasteiger charge is 2.23. The van der Waals surface area contributed by atoms with Crippen molar-refractivity contribution in [3.05, 3.63) is 98.0 Å². The predicted octanol–water partition coefficient (Wildman–Crippen LogP) is 7.60. The molecule has 2 aliphatic rings. The van der Waals surface area contributed by atoms with Gasteiger partial charge in [0.15, 0.2) is 0 Å². The zero-order valence-electron chi connectivity index (χ0n) is 24.8. The molecule has 2 aliphatic carbocycles. The van der Waals surface area contributed by atoms with E-state index in [0.717, 1.165) is 64.8 Å². The molecular formula is C35H39BrO6. The van der Waals surface area contributed by atoms with Crippen molar-refractivity contribution in [3.63, 3.8) is 0 Å². The number of fused-ring (bicyclic) bond motifs is 2. The van der Waals surface area contributed by atoms with E-state index in [-0.39, 0.29) is 13.2 Å². The Morgan fingerprint density at radius 3 is 2.10 bits per heavy atom. The molecule has 0 radical (unpaired) electrons. The second-order valence-electron chi connectivity index (χ2n) is 10.5. The van der Waals surface area contributed by atoms with E-state index >= 15 is 0 Å². The summed E-state index contributed by atoms with van der Waals surface area (Å²) in [5, 5.41) is 19.3. The summed E-state index contributed by atoms with van der Waals surface area (Å²) >= 11 is 3.66. The molecule has 2 N–H and O–H groups in total. The van der Waals surface area contributed by atoms with Gasteiger partial charge in [0, 0.05) is 18.1 Å². The molecule has 42 heavy (non-hydrogen) atoms. The fraction of sp³-hybridized carbons (Fsp3) is 0.343. The summed E-state index contributed by atoms with van der Waals surface area (Å²) in [6.07, 6.45) is 5.87. The summed E-state index contributed by atoms with van der Waals surface area (Å²) in [5.41, 5.74) is 9.31. The third-order valence-electron chi connectivity index (χ3n) is 7.77. The first kappa shape index (κ1) is 31.5. The fourth-order valence-electron chi connectivity index (χ4n) is 5.56. The molecule has 0 aromatic heterocycles. The second kappa shape index (κ2) is 14.7. The Bertz CT molecular complexity index is 1500. The monoisotopic (exact) mass is 634 g/mol. The number of esters is 1. The van der Waals surface area contributed by atoms with Crippen LogP contribution in [0.3, 0.4) is 0 Å². The first-order valence-corrected chi connectivity index (χ1v) is 15.0. The van der Waals surface area contributed by atoms with Gasteiger partial charge in [0.1, 0.15) is 17.3 Å². The zero-order valence-corrected chi connectivity index (χ0v) is 26.3. The Labute approximate surface area is 256 Å².